The lowest BCUT2D eigenvalue weighted by Gasteiger charge is -2.13. The van der Waals surface area contributed by atoms with Crippen LogP contribution in [0.25, 0.3) is 0 Å². The van der Waals surface area contributed by atoms with Gasteiger partial charge in [-0.1, -0.05) is 15.9 Å². The van der Waals surface area contributed by atoms with E-state index in [2.05, 4.69) is 27.8 Å². The summed E-state index contributed by atoms with van der Waals surface area (Å²) < 4.78 is 5.95. The molecular formula is C13H14BrNO4. The lowest BCUT2D eigenvalue weighted by Crippen LogP contribution is -2.05. The monoisotopic (exact) mass is 327 g/mol. The van der Waals surface area contributed by atoms with Crippen molar-refractivity contribution >= 4 is 21.6 Å². The first kappa shape index (κ1) is 15.5. The van der Waals surface area contributed by atoms with Crippen molar-refractivity contribution in [2.24, 2.45) is 0 Å². The van der Waals surface area contributed by atoms with Gasteiger partial charge in [0.05, 0.1) is 17.6 Å². The van der Waals surface area contributed by atoms with Gasteiger partial charge in [-0.05, 0) is 19.9 Å². The van der Waals surface area contributed by atoms with E-state index in [-0.39, 0.29) is 18.0 Å². The molecule has 0 aliphatic heterocycles. The zero-order chi connectivity index (χ0) is 14.4. The van der Waals surface area contributed by atoms with Gasteiger partial charge in [0.1, 0.15) is 0 Å². The predicted octanol–water partition coefficient (Wildman–Crippen LogP) is 3.20. The average Bonchev–Trinajstić information content (AvgIpc) is 2.34. The number of aliphatic hydroxyl groups is 1. The topological polar surface area (TPSA) is 72.6 Å². The van der Waals surface area contributed by atoms with Gasteiger partial charge in [0.15, 0.2) is 0 Å². The summed E-state index contributed by atoms with van der Waals surface area (Å²) in [5.74, 6) is 5.63. The van der Waals surface area contributed by atoms with Crippen molar-refractivity contribution in [2.75, 3.05) is 6.61 Å². The van der Waals surface area contributed by atoms with Gasteiger partial charge >= 0.3 is 5.69 Å². The second-order valence-corrected chi connectivity index (χ2v) is 4.72. The van der Waals surface area contributed by atoms with Crippen molar-refractivity contribution in [1.29, 1.82) is 0 Å². The van der Waals surface area contributed by atoms with E-state index in [4.69, 9.17) is 4.74 Å². The first-order valence-electron chi connectivity index (χ1n) is 5.65. The molecule has 1 unspecified atom stereocenters. The summed E-state index contributed by atoms with van der Waals surface area (Å²) in [7, 11) is 0. The first-order valence-corrected chi connectivity index (χ1v) is 6.45. The third-order valence-electron chi connectivity index (χ3n) is 2.36. The largest absolute Gasteiger partial charge is 0.486 e. The summed E-state index contributed by atoms with van der Waals surface area (Å²) in [5.41, 5.74) is 0.209. The number of aliphatic hydroxyl groups excluding tert-OH is 1. The van der Waals surface area contributed by atoms with Crippen LogP contribution in [-0.4, -0.2) is 16.6 Å². The number of nitrogens with zero attached hydrogens (tertiary/aromatic N) is 1. The van der Waals surface area contributed by atoms with Crippen LogP contribution >= 0.6 is 15.9 Å². The highest BCUT2D eigenvalue weighted by atomic mass is 79.9. The van der Waals surface area contributed by atoms with Gasteiger partial charge in [-0.2, -0.15) is 0 Å². The third-order valence-corrected chi connectivity index (χ3v) is 2.82. The molecule has 19 heavy (non-hydrogen) atoms. The number of nitro benzene ring substituents is 1. The second kappa shape index (κ2) is 7.12. The molecule has 0 saturated carbocycles. The Morgan fingerprint density at radius 2 is 2.26 bits per heavy atom. The van der Waals surface area contributed by atoms with Crippen molar-refractivity contribution in [2.45, 2.75) is 26.4 Å². The van der Waals surface area contributed by atoms with E-state index in [9.17, 15) is 15.2 Å². The van der Waals surface area contributed by atoms with Gasteiger partial charge in [0, 0.05) is 22.5 Å². The van der Waals surface area contributed by atoms with Gasteiger partial charge in [0.2, 0.25) is 5.75 Å². The SMILES string of the molecule is CC#CCCOc1c(C(C)O)cc(Br)cc1[N+](=O)[O-]. The quantitative estimate of drug-likeness (QED) is 0.390. The number of nitro groups is 1. The van der Waals surface area contributed by atoms with E-state index in [1.165, 1.54) is 13.0 Å². The maximum atomic E-state index is 11.0. The molecule has 0 heterocycles. The lowest BCUT2D eigenvalue weighted by molar-refractivity contribution is -0.386. The molecule has 5 nitrogen and oxygen atoms in total. The summed E-state index contributed by atoms with van der Waals surface area (Å²) in [6.45, 7) is 3.48. The number of ether oxygens (including phenoxy) is 1. The smallest absolute Gasteiger partial charge is 0.312 e. The molecule has 1 aromatic carbocycles. The van der Waals surface area contributed by atoms with Crippen LogP contribution in [-0.2, 0) is 0 Å². The Kier molecular flexibility index (Phi) is 5.80. The fraction of sp³-hybridized carbons (Fsp3) is 0.385. The van der Waals surface area contributed by atoms with E-state index in [1.807, 2.05) is 0 Å². The molecule has 0 spiro atoms. The molecule has 0 aliphatic rings. The number of halogens is 1. The molecule has 1 atom stereocenters. The number of benzene rings is 1. The van der Waals surface area contributed by atoms with Crippen LogP contribution in [0.3, 0.4) is 0 Å². The van der Waals surface area contributed by atoms with E-state index >= 15 is 0 Å². The Labute approximate surface area is 119 Å². The molecule has 0 aliphatic carbocycles. The Balaban J connectivity index is 3.14. The highest BCUT2D eigenvalue weighted by Crippen LogP contribution is 2.37. The molecule has 1 aromatic rings. The fourth-order valence-corrected chi connectivity index (χ4v) is 2.00. The maximum absolute atomic E-state index is 11.0. The minimum absolute atomic E-state index is 0.0982. The standard InChI is InChI=1S/C13H14BrNO4/c1-3-4-5-6-19-13-11(9(2)16)7-10(14)8-12(13)15(17)18/h7-9,16H,5-6H2,1-2H3. The average molecular weight is 328 g/mol. The summed E-state index contributed by atoms with van der Waals surface area (Å²) in [6.07, 6.45) is -0.383. The lowest BCUT2D eigenvalue weighted by atomic mass is 10.1. The van der Waals surface area contributed by atoms with Crippen LogP contribution in [0.5, 0.6) is 5.75 Å². The minimum Gasteiger partial charge on any atom is -0.486 e. The van der Waals surface area contributed by atoms with Crippen molar-refractivity contribution in [3.63, 3.8) is 0 Å². The summed E-state index contributed by atoms with van der Waals surface area (Å²) in [5, 5.41) is 20.7. The van der Waals surface area contributed by atoms with E-state index < -0.39 is 11.0 Å². The third kappa shape index (κ3) is 4.23. The zero-order valence-corrected chi connectivity index (χ0v) is 12.2. The summed E-state index contributed by atoms with van der Waals surface area (Å²) in [4.78, 5) is 10.5. The Morgan fingerprint density at radius 3 is 2.79 bits per heavy atom. The summed E-state index contributed by atoms with van der Waals surface area (Å²) in [6, 6.07) is 2.96. The molecule has 0 saturated heterocycles. The van der Waals surface area contributed by atoms with Crippen LogP contribution in [0.2, 0.25) is 0 Å². The van der Waals surface area contributed by atoms with Gasteiger partial charge in [0.25, 0.3) is 0 Å². The second-order valence-electron chi connectivity index (χ2n) is 3.80. The van der Waals surface area contributed by atoms with E-state index in [1.54, 1.807) is 13.0 Å². The van der Waals surface area contributed by atoms with Crippen molar-refractivity contribution in [1.82, 2.24) is 0 Å². The predicted molar refractivity (Wildman–Crippen MR) is 75.0 cm³/mol. The van der Waals surface area contributed by atoms with Crippen LogP contribution in [0.1, 0.15) is 31.9 Å². The highest BCUT2D eigenvalue weighted by Gasteiger charge is 2.23. The molecule has 0 amide bonds. The highest BCUT2D eigenvalue weighted by molar-refractivity contribution is 9.10. The molecular weight excluding hydrogens is 314 g/mol. The maximum Gasteiger partial charge on any atom is 0.312 e. The fourth-order valence-electron chi connectivity index (χ4n) is 1.53. The van der Waals surface area contributed by atoms with E-state index in [0.29, 0.717) is 16.5 Å². The number of hydrogen-bond acceptors (Lipinski definition) is 4. The number of rotatable bonds is 5. The van der Waals surface area contributed by atoms with Crippen LogP contribution in [0, 0.1) is 22.0 Å². The van der Waals surface area contributed by atoms with Gasteiger partial charge in [-0.3, -0.25) is 10.1 Å². The molecule has 0 bridgehead atoms. The summed E-state index contributed by atoms with van der Waals surface area (Å²) >= 11 is 3.18. The zero-order valence-electron chi connectivity index (χ0n) is 10.6. The Morgan fingerprint density at radius 1 is 1.58 bits per heavy atom. The normalized spacial score (nSPS) is 11.4. The molecule has 6 heteroatoms. The Bertz CT molecular complexity index is 531. The number of hydrogen-bond donors (Lipinski definition) is 1. The van der Waals surface area contributed by atoms with Gasteiger partial charge in [-0.25, -0.2) is 0 Å². The molecule has 0 fully saturated rings. The minimum atomic E-state index is -0.858. The van der Waals surface area contributed by atoms with Crippen LogP contribution in [0.15, 0.2) is 16.6 Å². The molecule has 0 aromatic heterocycles. The van der Waals surface area contributed by atoms with Crippen molar-refractivity contribution < 1.29 is 14.8 Å². The van der Waals surface area contributed by atoms with Gasteiger partial charge in [-0.15, -0.1) is 11.8 Å². The van der Waals surface area contributed by atoms with Crippen LogP contribution < -0.4 is 4.74 Å². The molecule has 1 N–H and O–H groups in total. The van der Waals surface area contributed by atoms with Crippen LogP contribution in [0.4, 0.5) is 5.69 Å². The van der Waals surface area contributed by atoms with Crippen molar-refractivity contribution in [3.05, 3.63) is 32.3 Å². The molecule has 102 valence electrons. The Hall–Kier alpha value is -1.58. The molecule has 1 rings (SSSR count). The van der Waals surface area contributed by atoms with Crippen molar-refractivity contribution in [3.8, 4) is 17.6 Å². The van der Waals surface area contributed by atoms with Gasteiger partial charge < -0.3 is 9.84 Å². The first-order chi connectivity index (χ1) is 8.97. The van der Waals surface area contributed by atoms with E-state index in [0.717, 1.165) is 0 Å². The molecule has 0 radical (unpaired) electrons.